The van der Waals surface area contributed by atoms with E-state index < -0.39 is 0 Å². The first kappa shape index (κ1) is 13.7. The molecular formula is C12H20BrNO2. The summed E-state index contributed by atoms with van der Waals surface area (Å²) in [6.45, 7) is 7.87. The summed E-state index contributed by atoms with van der Waals surface area (Å²) in [7, 11) is 0. The van der Waals surface area contributed by atoms with Crippen LogP contribution in [0, 0.1) is 0 Å². The quantitative estimate of drug-likeness (QED) is 0.834. The Hall–Kier alpha value is -0.320. The summed E-state index contributed by atoms with van der Waals surface area (Å²) in [5.74, 6) is 0. The first-order valence-corrected chi connectivity index (χ1v) is 6.52. The number of furan rings is 1. The van der Waals surface area contributed by atoms with E-state index in [-0.39, 0.29) is 12.1 Å². The van der Waals surface area contributed by atoms with Crippen molar-refractivity contribution in [2.45, 2.75) is 39.3 Å². The topological polar surface area (TPSA) is 34.4 Å². The summed E-state index contributed by atoms with van der Waals surface area (Å²) in [5, 5.41) is 3.45. The molecule has 0 spiro atoms. The van der Waals surface area contributed by atoms with Gasteiger partial charge >= 0.3 is 0 Å². The summed E-state index contributed by atoms with van der Waals surface area (Å²) in [6.07, 6.45) is 3.04. The molecule has 1 unspecified atom stereocenters. The number of nitrogens with one attached hydrogen (secondary N) is 1. The zero-order valence-corrected chi connectivity index (χ0v) is 11.7. The third-order valence-electron chi connectivity index (χ3n) is 2.26. The Labute approximate surface area is 106 Å². The van der Waals surface area contributed by atoms with Crippen LogP contribution in [0.25, 0.3) is 0 Å². The SMILES string of the molecule is CCCNC(COC(C)C)c1ccoc1Br. The fourth-order valence-electron chi connectivity index (χ4n) is 1.42. The van der Waals surface area contributed by atoms with Crippen LogP contribution in [0.15, 0.2) is 21.4 Å². The van der Waals surface area contributed by atoms with Gasteiger partial charge in [0.15, 0.2) is 4.67 Å². The molecule has 0 aliphatic carbocycles. The molecule has 0 amide bonds. The number of rotatable bonds is 7. The number of halogens is 1. The van der Waals surface area contributed by atoms with E-state index in [0.29, 0.717) is 6.61 Å². The van der Waals surface area contributed by atoms with Crippen LogP contribution in [0.4, 0.5) is 0 Å². The molecule has 4 heteroatoms. The van der Waals surface area contributed by atoms with E-state index in [0.717, 1.165) is 23.2 Å². The van der Waals surface area contributed by atoms with Crippen molar-refractivity contribution < 1.29 is 9.15 Å². The van der Waals surface area contributed by atoms with E-state index >= 15 is 0 Å². The van der Waals surface area contributed by atoms with Gasteiger partial charge < -0.3 is 14.5 Å². The standard InChI is InChI=1S/C12H20BrNO2/c1-4-6-14-11(8-16-9(2)3)10-5-7-15-12(10)13/h5,7,9,11,14H,4,6,8H2,1-3H3. The lowest BCUT2D eigenvalue weighted by atomic mass is 10.1. The fourth-order valence-corrected chi connectivity index (χ4v) is 1.94. The summed E-state index contributed by atoms with van der Waals surface area (Å²) < 4.78 is 11.7. The van der Waals surface area contributed by atoms with Gasteiger partial charge in [-0.25, -0.2) is 0 Å². The Morgan fingerprint density at radius 3 is 2.75 bits per heavy atom. The van der Waals surface area contributed by atoms with Gasteiger partial charge in [0.05, 0.1) is 25.0 Å². The van der Waals surface area contributed by atoms with Gasteiger partial charge in [-0.3, -0.25) is 0 Å². The van der Waals surface area contributed by atoms with Gasteiger partial charge in [0.25, 0.3) is 0 Å². The summed E-state index contributed by atoms with van der Waals surface area (Å²) >= 11 is 3.40. The molecule has 0 aliphatic rings. The molecule has 0 aliphatic heterocycles. The zero-order chi connectivity index (χ0) is 12.0. The van der Waals surface area contributed by atoms with Crippen LogP contribution in [0.2, 0.25) is 0 Å². The van der Waals surface area contributed by atoms with Gasteiger partial charge in [-0.15, -0.1) is 0 Å². The Morgan fingerprint density at radius 1 is 1.50 bits per heavy atom. The second-order valence-corrected chi connectivity index (χ2v) is 4.76. The molecular weight excluding hydrogens is 270 g/mol. The summed E-state index contributed by atoms with van der Waals surface area (Å²) in [4.78, 5) is 0. The Balaban J connectivity index is 2.60. The van der Waals surface area contributed by atoms with Crippen LogP contribution in [0.3, 0.4) is 0 Å². The van der Waals surface area contributed by atoms with Crippen LogP contribution in [0.5, 0.6) is 0 Å². The Morgan fingerprint density at radius 2 is 2.25 bits per heavy atom. The molecule has 1 atom stereocenters. The van der Waals surface area contributed by atoms with E-state index in [1.54, 1.807) is 6.26 Å². The predicted octanol–water partition coefficient (Wildman–Crippen LogP) is 3.51. The minimum Gasteiger partial charge on any atom is -0.457 e. The number of hydrogen-bond donors (Lipinski definition) is 1. The molecule has 1 N–H and O–H groups in total. The maximum atomic E-state index is 5.65. The highest BCUT2D eigenvalue weighted by atomic mass is 79.9. The second-order valence-electron chi connectivity index (χ2n) is 4.04. The number of ether oxygens (including phenoxy) is 1. The minimum absolute atomic E-state index is 0.190. The van der Waals surface area contributed by atoms with E-state index in [2.05, 4.69) is 28.2 Å². The smallest absolute Gasteiger partial charge is 0.173 e. The largest absolute Gasteiger partial charge is 0.457 e. The lowest BCUT2D eigenvalue weighted by Gasteiger charge is -2.19. The maximum absolute atomic E-state index is 5.65. The average Bonchev–Trinajstić information content (AvgIpc) is 2.65. The monoisotopic (exact) mass is 289 g/mol. The maximum Gasteiger partial charge on any atom is 0.173 e. The Bertz CT molecular complexity index is 299. The molecule has 92 valence electrons. The fraction of sp³-hybridized carbons (Fsp3) is 0.667. The highest BCUT2D eigenvalue weighted by Crippen LogP contribution is 2.25. The van der Waals surface area contributed by atoms with E-state index in [9.17, 15) is 0 Å². The molecule has 1 aromatic rings. The zero-order valence-electron chi connectivity index (χ0n) is 10.1. The van der Waals surface area contributed by atoms with Crippen molar-refractivity contribution in [1.29, 1.82) is 0 Å². The van der Waals surface area contributed by atoms with Crippen LogP contribution in [0.1, 0.15) is 38.8 Å². The molecule has 1 heterocycles. The molecule has 16 heavy (non-hydrogen) atoms. The summed E-state index contributed by atoms with van der Waals surface area (Å²) in [5.41, 5.74) is 1.12. The summed E-state index contributed by atoms with van der Waals surface area (Å²) in [6, 6.07) is 2.16. The predicted molar refractivity (Wildman–Crippen MR) is 68.5 cm³/mol. The van der Waals surface area contributed by atoms with Gasteiger partial charge in [0.1, 0.15) is 0 Å². The molecule has 0 bridgehead atoms. The van der Waals surface area contributed by atoms with E-state index in [1.165, 1.54) is 0 Å². The highest BCUT2D eigenvalue weighted by Gasteiger charge is 2.16. The second kappa shape index (κ2) is 7.09. The third kappa shape index (κ3) is 4.28. The van der Waals surface area contributed by atoms with E-state index in [4.69, 9.17) is 9.15 Å². The van der Waals surface area contributed by atoms with Gasteiger partial charge in [0.2, 0.25) is 0 Å². The third-order valence-corrected chi connectivity index (χ3v) is 2.90. The highest BCUT2D eigenvalue weighted by molar-refractivity contribution is 9.10. The van der Waals surface area contributed by atoms with Gasteiger partial charge in [-0.1, -0.05) is 6.92 Å². The molecule has 0 saturated heterocycles. The van der Waals surface area contributed by atoms with E-state index in [1.807, 2.05) is 19.9 Å². The van der Waals surface area contributed by atoms with Crippen LogP contribution in [-0.4, -0.2) is 19.3 Å². The molecule has 0 aromatic carbocycles. The van der Waals surface area contributed by atoms with Crippen molar-refractivity contribution in [2.75, 3.05) is 13.2 Å². The van der Waals surface area contributed by atoms with Gasteiger partial charge in [0, 0.05) is 5.56 Å². The van der Waals surface area contributed by atoms with Crippen LogP contribution in [-0.2, 0) is 4.74 Å². The molecule has 1 aromatic heterocycles. The normalized spacial score (nSPS) is 13.3. The molecule has 0 fully saturated rings. The van der Waals surface area contributed by atoms with Crippen molar-refractivity contribution >= 4 is 15.9 Å². The molecule has 1 rings (SSSR count). The first-order chi connectivity index (χ1) is 7.65. The average molecular weight is 290 g/mol. The minimum atomic E-state index is 0.190. The Kier molecular flexibility index (Phi) is 6.09. The molecule has 0 saturated carbocycles. The van der Waals surface area contributed by atoms with Crippen molar-refractivity contribution in [3.05, 3.63) is 22.6 Å². The van der Waals surface area contributed by atoms with Crippen molar-refractivity contribution in [1.82, 2.24) is 5.32 Å². The van der Waals surface area contributed by atoms with Crippen molar-refractivity contribution in [2.24, 2.45) is 0 Å². The van der Waals surface area contributed by atoms with Crippen molar-refractivity contribution in [3.63, 3.8) is 0 Å². The number of hydrogen-bond acceptors (Lipinski definition) is 3. The van der Waals surface area contributed by atoms with Gasteiger partial charge in [-0.05, 0) is 48.8 Å². The molecule has 3 nitrogen and oxygen atoms in total. The van der Waals surface area contributed by atoms with Gasteiger partial charge in [-0.2, -0.15) is 0 Å². The van der Waals surface area contributed by atoms with Crippen molar-refractivity contribution in [3.8, 4) is 0 Å². The van der Waals surface area contributed by atoms with Crippen LogP contribution >= 0.6 is 15.9 Å². The first-order valence-electron chi connectivity index (χ1n) is 5.73. The molecule has 0 radical (unpaired) electrons. The lowest BCUT2D eigenvalue weighted by molar-refractivity contribution is 0.0608. The van der Waals surface area contributed by atoms with Crippen LogP contribution < -0.4 is 5.32 Å². The lowest BCUT2D eigenvalue weighted by Crippen LogP contribution is -2.27.